The van der Waals surface area contributed by atoms with E-state index in [9.17, 15) is 14.4 Å². The van der Waals surface area contributed by atoms with Crippen molar-refractivity contribution < 1.29 is 14.3 Å². The predicted octanol–water partition coefficient (Wildman–Crippen LogP) is 4.93. The van der Waals surface area contributed by atoms with Crippen LogP contribution in [0.5, 0.6) is 0 Å². The van der Waals surface area contributed by atoms with Gasteiger partial charge in [0.25, 0.3) is 5.56 Å². The van der Waals surface area contributed by atoms with Crippen LogP contribution in [0.2, 0.25) is 0 Å². The molecule has 1 aromatic carbocycles. The minimum atomic E-state index is -0.429. The smallest absolute Gasteiger partial charge is 0.332 e. The second-order valence-electron chi connectivity index (χ2n) is 11.6. The van der Waals surface area contributed by atoms with Crippen LogP contribution >= 0.6 is 0 Å². The van der Waals surface area contributed by atoms with Crippen molar-refractivity contribution in [3.63, 3.8) is 0 Å². The lowest BCUT2D eigenvalue weighted by Gasteiger charge is -2.24. The highest BCUT2D eigenvalue weighted by Crippen LogP contribution is 2.28. The number of aromatic nitrogens is 4. The number of aryl methyl sites for hydroxylation is 1. The Morgan fingerprint density at radius 3 is 2.12 bits per heavy atom. The molecule has 0 amide bonds. The Morgan fingerprint density at radius 2 is 1.51 bits per heavy atom. The van der Waals surface area contributed by atoms with Gasteiger partial charge in [-0.25, -0.2) is 14.6 Å². The van der Waals surface area contributed by atoms with Crippen LogP contribution in [0.1, 0.15) is 69.8 Å². The first kappa shape index (κ1) is 29.0. The fraction of sp³-hybridized carbons (Fsp3) is 0.562. The van der Waals surface area contributed by atoms with Crippen molar-refractivity contribution in [3.05, 3.63) is 56.7 Å². The molecule has 0 spiro atoms. The SMILES string of the molecule is COCCOC(=O)/C=C/c1ccc(-c2nc3c(c(=O)n(CC4CCCCC4)c(=O)n3CC3CCCCC3)n2C)cc1. The van der Waals surface area contributed by atoms with Gasteiger partial charge in [-0.3, -0.25) is 13.9 Å². The summed E-state index contributed by atoms with van der Waals surface area (Å²) in [5, 5.41) is 0. The van der Waals surface area contributed by atoms with E-state index in [1.54, 1.807) is 17.8 Å². The number of rotatable bonds is 10. The van der Waals surface area contributed by atoms with Crippen molar-refractivity contribution in [3.8, 4) is 11.4 Å². The molecular weight excluding hydrogens is 520 g/mol. The lowest BCUT2D eigenvalue weighted by molar-refractivity contribution is -0.138. The van der Waals surface area contributed by atoms with Crippen LogP contribution in [0, 0.1) is 11.8 Å². The summed E-state index contributed by atoms with van der Waals surface area (Å²) in [6, 6.07) is 7.62. The molecule has 2 saturated carbocycles. The second-order valence-corrected chi connectivity index (χ2v) is 11.6. The number of fused-ring (bicyclic) bond motifs is 1. The predicted molar refractivity (Wildman–Crippen MR) is 160 cm³/mol. The van der Waals surface area contributed by atoms with Crippen LogP contribution in [0.25, 0.3) is 28.6 Å². The Morgan fingerprint density at radius 1 is 0.902 bits per heavy atom. The van der Waals surface area contributed by atoms with Crippen molar-refractivity contribution >= 4 is 23.2 Å². The number of carbonyl (C=O) groups is 1. The Bertz CT molecular complexity index is 1490. The molecule has 5 rings (SSSR count). The average Bonchev–Trinajstić information content (AvgIpc) is 3.34. The quantitative estimate of drug-likeness (QED) is 0.198. The summed E-state index contributed by atoms with van der Waals surface area (Å²) in [5.41, 5.74) is 2.16. The number of carbonyl (C=O) groups excluding carboxylic acids is 1. The molecule has 2 aromatic heterocycles. The standard InChI is InChI=1S/C32H42N4O5/c1-34-28-30(33-29(34)26-16-13-23(14-17-26)15-18-27(37)41-20-19-40-2)35(21-24-9-5-3-6-10-24)32(39)36(31(28)38)22-25-11-7-4-8-12-25/h13-18,24-25H,3-12,19-22H2,1-2H3/b18-15+. The van der Waals surface area contributed by atoms with E-state index >= 15 is 0 Å². The maximum Gasteiger partial charge on any atom is 0.332 e. The van der Waals surface area contributed by atoms with Crippen LogP contribution in [-0.2, 0) is 34.4 Å². The summed E-state index contributed by atoms with van der Waals surface area (Å²) < 4.78 is 15.1. The van der Waals surface area contributed by atoms with E-state index in [0.29, 0.717) is 48.5 Å². The normalized spacial score (nSPS) is 17.0. The molecule has 2 aliphatic carbocycles. The summed E-state index contributed by atoms with van der Waals surface area (Å²) >= 11 is 0. The van der Waals surface area contributed by atoms with Gasteiger partial charge in [0.2, 0.25) is 0 Å². The van der Waals surface area contributed by atoms with E-state index < -0.39 is 5.97 Å². The first-order valence-corrected chi connectivity index (χ1v) is 15.1. The van der Waals surface area contributed by atoms with Crippen LogP contribution in [0.4, 0.5) is 0 Å². The summed E-state index contributed by atoms with van der Waals surface area (Å²) in [4.78, 5) is 44.5. The van der Waals surface area contributed by atoms with Crippen molar-refractivity contribution in [2.24, 2.45) is 18.9 Å². The molecule has 9 nitrogen and oxygen atoms in total. The molecule has 2 heterocycles. The molecule has 41 heavy (non-hydrogen) atoms. The first-order chi connectivity index (χ1) is 20.0. The highest BCUT2D eigenvalue weighted by Gasteiger charge is 2.25. The molecule has 0 saturated heterocycles. The zero-order valence-corrected chi connectivity index (χ0v) is 24.3. The van der Waals surface area contributed by atoms with E-state index in [4.69, 9.17) is 14.5 Å². The van der Waals surface area contributed by atoms with Gasteiger partial charge in [0.1, 0.15) is 12.4 Å². The minimum absolute atomic E-state index is 0.208. The number of hydrogen-bond donors (Lipinski definition) is 0. The van der Waals surface area contributed by atoms with Gasteiger partial charge in [-0.1, -0.05) is 62.8 Å². The first-order valence-electron chi connectivity index (χ1n) is 15.1. The number of ether oxygens (including phenoxy) is 2. The van der Waals surface area contributed by atoms with E-state index in [-0.39, 0.29) is 17.9 Å². The summed E-state index contributed by atoms with van der Waals surface area (Å²) in [6.45, 7) is 1.64. The zero-order valence-electron chi connectivity index (χ0n) is 24.3. The highest BCUT2D eigenvalue weighted by atomic mass is 16.6. The second kappa shape index (κ2) is 13.5. The Kier molecular flexibility index (Phi) is 9.54. The third-order valence-corrected chi connectivity index (χ3v) is 8.69. The number of hydrogen-bond acceptors (Lipinski definition) is 6. The van der Waals surface area contributed by atoms with Crippen LogP contribution in [-0.4, -0.2) is 45.0 Å². The number of imidazole rings is 1. The molecule has 0 radical (unpaired) electrons. The molecule has 0 atom stereocenters. The molecule has 0 N–H and O–H groups in total. The van der Waals surface area contributed by atoms with Gasteiger partial charge < -0.3 is 14.0 Å². The van der Waals surface area contributed by atoms with E-state index in [1.807, 2.05) is 35.9 Å². The summed E-state index contributed by atoms with van der Waals surface area (Å²) in [6.07, 6.45) is 14.6. The number of benzene rings is 1. The maximum atomic E-state index is 13.9. The van der Waals surface area contributed by atoms with Crippen LogP contribution < -0.4 is 11.2 Å². The van der Waals surface area contributed by atoms with Crippen molar-refractivity contribution in [1.29, 1.82) is 0 Å². The monoisotopic (exact) mass is 562 g/mol. The minimum Gasteiger partial charge on any atom is -0.460 e. The van der Waals surface area contributed by atoms with E-state index in [1.165, 1.54) is 36.3 Å². The molecule has 220 valence electrons. The lowest BCUT2D eigenvalue weighted by atomic mass is 9.89. The van der Waals surface area contributed by atoms with Gasteiger partial charge in [0.05, 0.1) is 6.61 Å². The molecule has 0 unspecified atom stereocenters. The Hall–Kier alpha value is -3.46. The zero-order chi connectivity index (χ0) is 28.8. The lowest BCUT2D eigenvalue weighted by Crippen LogP contribution is -2.43. The van der Waals surface area contributed by atoms with Gasteiger partial charge >= 0.3 is 11.7 Å². The fourth-order valence-corrected chi connectivity index (χ4v) is 6.38. The molecule has 2 aliphatic rings. The van der Waals surface area contributed by atoms with Crippen molar-refractivity contribution in [1.82, 2.24) is 18.7 Å². The summed E-state index contributed by atoms with van der Waals surface area (Å²) in [5.74, 6) is 0.990. The van der Waals surface area contributed by atoms with Gasteiger partial charge in [0, 0.05) is 38.9 Å². The molecule has 0 aliphatic heterocycles. The largest absolute Gasteiger partial charge is 0.460 e. The topological polar surface area (TPSA) is 97.4 Å². The third kappa shape index (κ3) is 6.72. The van der Waals surface area contributed by atoms with Crippen LogP contribution in [0.3, 0.4) is 0 Å². The fourth-order valence-electron chi connectivity index (χ4n) is 6.38. The van der Waals surface area contributed by atoms with Gasteiger partial charge in [-0.05, 0) is 49.2 Å². The summed E-state index contributed by atoms with van der Waals surface area (Å²) in [7, 11) is 3.41. The van der Waals surface area contributed by atoms with Gasteiger partial charge in [0.15, 0.2) is 11.2 Å². The van der Waals surface area contributed by atoms with E-state index in [2.05, 4.69) is 0 Å². The van der Waals surface area contributed by atoms with E-state index in [0.717, 1.165) is 49.7 Å². The molecular formula is C32H42N4O5. The number of esters is 1. The Balaban J connectivity index is 1.49. The third-order valence-electron chi connectivity index (χ3n) is 8.69. The number of nitrogens with zero attached hydrogens (tertiary/aromatic N) is 4. The van der Waals surface area contributed by atoms with Gasteiger partial charge in [-0.15, -0.1) is 0 Å². The molecule has 2 fully saturated rings. The molecule has 3 aromatic rings. The molecule has 0 bridgehead atoms. The maximum absolute atomic E-state index is 13.9. The van der Waals surface area contributed by atoms with Crippen LogP contribution in [0.15, 0.2) is 39.9 Å². The Labute approximate surface area is 240 Å². The van der Waals surface area contributed by atoms with Crippen molar-refractivity contribution in [2.75, 3.05) is 20.3 Å². The average molecular weight is 563 g/mol. The van der Waals surface area contributed by atoms with Gasteiger partial charge in [-0.2, -0.15) is 0 Å². The highest BCUT2D eigenvalue weighted by molar-refractivity contribution is 5.87. The molecule has 9 heteroatoms. The van der Waals surface area contributed by atoms with Crippen molar-refractivity contribution in [2.45, 2.75) is 77.3 Å². The number of methoxy groups -OCH3 is 1.